The molecule has 0 radical (unpaired) electrons. The summed E-state index contributed by atoms with van der Waals surface area (Å²) in [5, 5.41) is 3.51. The number of rotatable bonds is 7. The number of hydrogen-bond donors (Lipinski definition) is 2. The Balaban J connectivity index is 2.68. The van der Waals surface area contributed by atoms with Crippen molar-refractivity contribution in [1.82, 2.24) is 0 Å². The van der Waals surface area contributed by atoms with Gasteiger partial charge in [-0.1, -0.05) is 50.0 Å². The van der Waals surface area contributed by atoms with Crippen LogP contribution in [0, 0.1) is 6.92 Å². The highest BCUT2D eigenvalue weighted by Crippen LogP contribution is 2.19. The van der Waals surface area contributed by atoms with E-state index in [-0.39, 0.29) is 0 Å². The number of hydrogen-bond acceptors (Lipinski definition) is 2. The number of nitrogens with one attached hydrogen (secondary N) is 1. The second-order valence-corrected chi connectivity index (χ2v) is 5.39. The Morgan fingerprint density at radius 1 is 1.39 bits per heavy atom. The third-order valence-corrected chi connectivity index (χ3v) is 3.30. The van der Waals surface area contributed by atoms with Crippen molar-refractivity contribution in [1.29, 1.82) is 0 Å². The molecular formula is C15H24N2S. The van der Waals surface area contributed by atoms with Gasteiger partial charge in [0.25, 0.3) is 0 Å². The second kappa shape index (κ2) is 7.37. The quantitative estimate of drug-likeness (QED) is 0.577. The highest BCUT2D eigenvalue weighted by Gasteiger charge is 2.08. The van der Waals surface area contributed by atoms with Gasteiger partial charge in [0, 0.05) is 17.3 Å². The lowest BCUT2D eigenvalue weighted by molar-refractivity contribution is 0.615. The van der Waals surface area contributed by atoms with Gasteiger partial charge in [0.1, 0.15) is 4.99 Å². The first-order valence-electron chi connectivity index (χ1n) is 6.71. The van der Waals surface area contributed by atoms with Crippen molar-refractivity contribution in [2.75, 3.05) is 5.32 Å². The summed E-state index contributed by atoms with van der Waals surface area (Å²) >= 11 is 5.11. The number of thiocarbonyl (C=S) groups is 1. The lowest BCUT2D eigenvalue weighted by atomic mass is 10.1. The second-order valence-electron chi connectivity index (χ2n) is 4.95. The molecular weight excluding hydrogens is 240 g/mol. The molecule has 100 valence electrons. The van der Waals surface area contributed by atoms with Gasteiger partial charge in [-0.25, -0.2) is 0 Å². The van der Waals surface area contributed by atoms with Crippen molar-refractivity contribution in [2.24, 2.45) is 5.73 Å². The van der Waals surface area contributed by atoms with Gasteiger partial charge in [-0.3, -0.25) is 0 Å². The Labute approximate surface area is 116 Å². The van der Waals surface area contributed by atoms with Crippen LogP contribution in [0.3, 0.4) is 0 Å². The third kappa shape index (κ3) is 4.65. The first kappa shape index (κ1) is 15.0. The van der Waals surface area contributed by atoms with Crippen LogP contribution < -0.4 is 11.1 Å². The molecule has 0 fully saturated rings. The molecule has 2 nitrogen and oxygen atoms in total. The normalized spacial score (nSPS) is 12.2. The summed E-state index contributed by atoms with van der Waals surface area (Å²) in [6, 6.07) is 6.65. The van der Waals surface area contributed by atoms with Crippen LogP contribution in [0.1, 0.15) is 50.7 Å². The minimum absolute atomic E-state index is 0.451. The summed E-state index contributed by atoms with van der Waals surface area (Å²) in [5.41, 5.74) is 8.96. The van der Waals surface area contributed by atoms with Crippen LogP contribution in [-0.2, 0) is 0 Å². The van der Waals surface area contributed by atoms with E-state index < -0.39 is 0 Å². The minimum atomic E-state index is 0.451. The molecule has 0 heterocycles. The van der Waals surface area contributed by atoms with Crippen LogP contribution in [0.2, 0.25) is 0 Å². The SMILES string of the molecule is CCCCCC(C)Nc1ccc(C)cc1C(N)=S. The molecule has 18 heavy (non-hydrogen) atoms. The van der Waals surface area contributed by atoms with E-state index in [2.05, 4.69) is 38.2 Å². The summed E-state index contributed by atoms with van der Waals surface area (Å²) in [4.78, 5) is 0.460. The zero-order chi connectivity index (χ0) is 13.5. The maximum atomic E-state index is 5.77. The van der Waals surface area contributed by atoms with Crippen molar-refractivity contribution < 1.29 is 0 Å². The fourth-order valence-electron chi connectivity index (χ4n) is 2.03. The molecule has 1 rings (SSSR count). The Bertz CT molecular complexity index is 401. The number of nitrogens with two attached hydrogens (primary N) is 1. The average molecular weight is 264 g/mol. The Kier molecular flexibility index (Phi) is 6.13. The Hall–Kier alpha value is -1.09. The first-order chi connectivity index (χ1) is 8.54. The van der Waals surface area contributed by atoms with Gasteiger partial charge in [0.15, 0.2) is 0 Å². The van der Waals surface area contributed by atoms with Gasteiger partial charge < -0.3 is 11.1 Å². The molecule has 0 bridgehead atoms. The van der Waals surface area contributed by atoms with Crippen molar-refractivity contribution in [3.8, 4) is 0 Å². The third-order valence-electron chi connectivity index (χ3n) is 3.08. The van der Waals surface area contributed by atoms with Crippen LogP contribution in [-0.4, -0.2) is 11.0 Å². The molecule has 0 aromatic heterocycles. The van der Waals surface area contributed by atoms with Gasteiger partial charge in [-0.2, -0.15) is 0 Å². The average Bonchev–Trinajstić information content (AvgIpc) is 2.31. The summed E-state index contributed by atoms with van der Waals surface area (Å²) in [6.07, 6.45) is 4.99. The van der Waals surface area contributed by atoms with E-state index in [9.17, 15) is 0 Å². The molecule has 1 unspecified atom stereocenters. The fourth-order valence-corrected chi connectivity index (χ4v) is 2.19. The van der Waals surface area contributed by atoms with Crippen molar-refractivity contribution >= 4 is 22.9 Å². The predicted octanol–water partition coefficient (Wildman–Crippen LogP) is 4.01. The van der Waals surface area contributed by atoms with Crippen molar-refractivity contribution in [2.45, 2.75) is 52.5 Å². The first-order valence-corrected chi connectivity index (χ1v) is 7.12. The van der Waals surface area contributed by atoms with E-state index in [0.29, 0.717) is 11.0 Å². The molecule has 0 spiro atoms. The summed E-state index contributed by atoms with van der Waals surface area (Å²) in [6.45, 7) is 6.48. The fraction of sp³-hybridized carbons (Fsp3) is 0.533. The molecule has 1 aromatic carbocycles. The zero-order valence-electron chi connectivity index (χ0n) is 11.6. The number of aryl methyl sites for hydroxylation is 1. The predicted molar refractivity (Wildman–Crippen MR) is 84.3 cm³/mol. The number of unbranched alkanes of at least 4 members (excludes halogenated alkanes) is 2. The maximum Gasteiger partial charge on any atom is 0.106 e. The highest BCUT2D eigenvalue weighted by atomic mass is 32.1. The molecule has 0 saturated carbocycles. The van der Waals surface area contributed by atoms with E-state index in [4.69, 9.17) is 18.0 Å². The number of anilines is 1. The van der Waals surface area contributed by atoms with Gasteiger partial charge >= 0.3 is 0 Å². The number of benzene rings is 1. The smallest absolute Gasteiger partial charge is 0.106 e. The standard InChI is InChI=1S/C15H24N2S/c1-4-5-6-7-12(3)17-14-9-8-11(2)10-13(14)15(16)18/h8-10,12,17H,4-7H2,1-3H3,(H2,16,18). The van der Waals surface area contributed by atoms with E-state index in [1.807, 2.05) is 6.07 Å². The van der Waals surface area contributed by atoms with Crippen molar-refractivity contribution in [3.05, 3.63) is 29.3 Å². The van der Waals surface area contributed by atoms with Crippen LogP contribution >= 0.6 is 12.2 Å². The largest absolute Gasteiger partial charge is 0.389 e. The van der Waals surface area contributed by atoms with Crippen LogP contribution in [0.25, 0.3) is 0 Å². The Morgan fingerprint density at radius 2 is 2.11 bits per heavy atom. The molecule has 0 aliphatic rings. The van der Waals surface area contributed by atoms with Crippen LogP contribution in [0.15, 0.2) is 18.2 Å². The molecule has 3 N–H and O–H groups in total. The Morgan fingerprint density at radius 3 is 2.72 bits per heavy atom. The topological polar surface area (TPSA) is 38.0 Å². The van der Waals surface area contributed by atoms with Gasteiger partial charge in [0.05, 0.1) is 0 Å². The van der Waals surface area contributed by atoms with Gasteiger partial charge in [-0.15, -0.1) is 0 Å². The molecule has 0 amide bonds. The zero-order valence-corrected chi connectivity index (χ0v) is 12.4. The van der Waals surface area contributed by atoms with Crippen molar-refractivity contribution in [3.63, 3.8) is 0 Å². The van der Waals surface area contributed by atoms with E-state index in [1.165, 1.54) is 31.2 Å². The summed E-state index contributed by atoms with van der Waals surface area (Å²) in [5.74, 6) is 0. The van der Waals surface area contributed by atoms with Gasteiger partial charge in [-0.05, 0) is 32.4 Å². The molecule has 1 aromatic rings. The summed E-state index contributed by atoms with van der Waals surface area (Å²) in [7, 11) is 0. The molecule has 3 heteroatoms. The minimum Gasteiger partial charge on any atom is -0.389 e. The molecule has 1 atom stereocenters. The van der Waals surface area contributed by atoms with Gasteiger partial charge in [0.2, 0.25) is 0 Å². The lowest BCUT2D eigenvalue weighted by Gasteiger charge is -2.18. The van der Waals surface area contributed by atoms with Crippen LogP contribution in [0.5, 0.6) is 0 Å². The summed E-state index contributed by atoms with van der Waals surface area (Å²) < 4.78 is 0. The van der Waals surface area contributed by atoms with Crippen LogP contribution in [0.4, 0.5) is 5.69 Å². The molecule has 0 saturated heterocycles. The lowest BCUT2D eigenvalue weighted by Crippen LogP contribution is -2.19. The highest BCUT2D eigenvalue weighted by molar-refractivity contribution is 7.80. The van der Waals surface area contributed by atoms with E-state index >= 15 is 0 Å². The monoisotopic (exact) mass is 264 g/mol. The molecule has 0 aliphatic heterocycles. The van der Waals surface area contributed by atoms with E-state index in [1.54, 1.807) is 0 Å². The van der Waals surface area contributed by atoms with E-state index in [0.717, 1.165) is 11.3 Å². The maximum absolute atomic E-state index is 5.77. The molecule has 0 aliphatic carbocycles.